The Kier molecular flexibility index (Phi) is 3.74. The fourth-order valence-electron chi connectivity index (χ4n) is 2.24. The van der Waals surface area contributed by atoms with Gasteiger partial charge in [0.25, 0.3) is 0 Å². The van der Waals surface area contributed by atoms with Crippen LogP contribution in [0.1, 0.15) is 15.9 Å². The Labute approximate surface area is 125 Å². The van der Waals surface area contributed by atoms with E-state index in [1.54, 1.807) is 6.07 Å². The van der Waals surface area contributed by atoms with Gasteiger partial charge in [-0.2, -0.15) is 0 Å². The fraction of sp³-hybridized carbons (Fsp3) is 0.188. The van der Waals surface area contributed by atoms with Crippen LogP contribution in [0, 0.1) is 0 Å². The summed E-state index contributed by atoms with van der Waals surface area (Å²) in [5, 5.41) is 0. The number of carbonyl (C=O) groups is 1. The van der Waals surface area contributed by atoms with Crippen LogP contribution in [0.15, 0.2) is 46.9 Å². The van der Waals surface area contributed by atoms with Crippen LogP contribution in [0.3, 0.4) is 0 Å². The minimum atomic E-state index is 0.0238. The van der Waals surface area contributed by atoms with Crippen molar-refractivity contribution in [2.45, 2.75) is 12.5 Å². The molecule has 1 aliphatic rings. The molecule has 102 valence electrons. The number of hydrogen-bond acceptors (Lipinski definition) is 3. The molecule has 1 aliphatic heterocycles. The first-order chi connectivity index (χ1) is 9.76. The minimum absolute atomic E-state index is 0.0238. The summed E-state index contributed by atoms with van der Waals surface area (Å²) in [4.78, 5) is 10.9. The molecule has 20 heavy (non-hydrogen) atoms. The maximum absolute atomic E-state index is 10.9. The molecule has 0 saturated carbocycles. The van der Waals surface area contributed by atoms with E-state index in [1.807, 2.05) is 30.3 Å². The van der Waals surface area contributed by atoms with Crippen molar-refractivity contribution in [3.05, 3.63) is 58.1 Å². The van der Waals surface area contributed by atoms with Crippen LogP contribution in [0.4, 0.5) is 0 Å². The van der Waals surface area contributed by atoms with Gasteiger partial charge in [0.15, 0.2) is 6.29 Å². The highest BCUT2D eigenvalue weighted by Crippen LogP contribution is 2.28. The molecule has 0 bridgehead atoms. The van der Waals surface area contributed by atoms with E-state index in [9.17, 15) is 4.79 Å². The van der Waals surface area contributed by atoms with Crippen molar-refractivity contribution in [1.82, 2.24) is 0 Å². The van der Waals surface area contributed by atoms with Crippen molar-refractivity contribution in [1.29, 1.82) is 0 Å². The van der Waals surface area contributed by atoms with Crippen LogP contribution >= 0.6 is 15.9 Å². The van der Waals surface area contributed by atoms with Crippen molar-refractivity contribution in [3.8, 4) is 11.5 Å². The van der Waals surface area contributed by atoms with Gasteiger partial charge in [0.2, 0.25) is 0 Å². The topological polar surface area (TPSA) is 35.5 Å². The van der Waals surface area contributed by atoms with Crippen LogP contribution in [0.25, 0.3) is 0 Å². The summed E-state index contributed by atoms with van der Waals surface area (Å²) in [6.45, 7) is 0.467. The maximum Gasteiger partial charge on any atom is 0.151 e. The zero-order valence-electron chi connectivity index (χ0n) is 10.7. The molecule has 1 atom stereocenters. The lowest BCUT2D eigenvalue weighted by molar-refractivity contribution is 0.112. The number of hydrogen-bond donors (Lipinski definition) is 0. The van der Waals surface area contributed by atoms with Gasteiger partial charge in [0, 0.05) is 16.5 Å². The molecule has 0 aliphatic carbocycles. The molecule has 0 saturated heterocycles. The number of aldehydes is 1. The molecule has 4 heteroatoms. The third-order valence-electron chi connectivity index (χ3n) is 3.24. The lowest BCUT2D eigenvalue weighted by Gasteiger charge is -2.13. The Morgan fingerprint density at radius 1 is 1.30 bits per heavy atom. The predicted molar refractivity (Wildman–Crippen MR) is 79.6 cm³/mol. The Morgan fingerprint density at radius 2 is 2.15 bits per heavy atom. The van der Waals surface area contributed by atoms with E-state index >= 15 is 0 Å². The number of para-hydroxylation sites is 1. The van der Waals surface area contributed by atoms with E-state index in [1.165, 1.54) is 5.56 Å². The zero-order chi connectivity index (χ0) is 13.9. The first-order valence-corrected chi connectivity index (χ1v) is 7.17. The third kappa shape index (κ3) is 2.70. The Bertz CT molecular complexity index is 614. The summed E-state index contributed by atoms with van der Waals surface area (Å²) in [7, 11) is 0. The van der Waals surface area contributed by atoms with Crippen molar-refractivity contribution < 1.29 is 14.3 Å². The molecule has 0 aromatic heterocycles. The van der Waals surface area contributed by atoms with Gasteiger partial charge in [-0.25, -0.2) is 0 Å². The first-order valence-electron chi connectivity index (χ1n) is 6.38. The Balaban J connectivity index is 1.63. The minimum Gasteiger partial charge on any atom is -0.490 e. The molecule has 3 rings (SSSR count). The highest BCUT2D eigenvalue weighted by Gasteiger charge is 2.22. The number of carbonyl (C=O) groups excluding carboxylic acids is 1. The molecule has 0 fully saturated rings. The van der Waals surface area contributed by atoms with Gasteiger partial charge in [-0.3, -0.25) is 4.79 Å². The van der Waals surface area contributed by atoms with Gasteiger partial charge in [-0.05, 0) is 29.8 Å². The summed E-state index contributed by atoms with van der Waals surface area (Å²) in [6.07, 6.45) is 1.68. The second-order valence-corrected chi connectivity index (χ2v) is 5.52. The molecule has 0 spiro atoms. The van der Waals surface area contributed by atoms with Crippen molar-refractivity contribution in [3.63, 3.8) is 0 Å². The molecule has 2 aromatic carbocycles. The molecule has 3 nitrogen and oxygen atoms in total. The van der Waals surface area contributed by atoms with Gasteiger partial charge in [0.05, 0.1) is 0 Å². The molecule has 0 radical (unpaired) electrons. The van der Waals surface area contributed by atoms with E-state index in [4.69, 9.17) is 9.47 Å². The fourth-order valence-corrected chi connectivity index (χ4v) is 2.58. The molecular formula is C16H13BrO3. The third-order valence-corrected chi connectivity index (χ3v) is 3.97. The van der Waals surface area contributed by atoms with Crippen molar-refractivity contribution in [2.24, 2.45) is 0 Å². The van der Waals surface area contributed by atoms with E-state index in [-0.39, 0.29) is 6.10 Å². The molecular weight excluding hydrogens is 320 g/mol. The van der Waals surface area contributed by atoms with E-state index in [0.717, 1.165) is 22.9 Å². The smallest absolute Gasteiger partial charge is 0.151 e. The number of benzene rings is 2. The largest absolute Gasteiger partial charge is 0.490 e. The van der Waals surface area contributed by atoms with Gasteiger partial charge in [0.1, 0.15) is 24.2 Å². The number of fused-ring (bicyclic) bond motifs is 1. The van der Waals surface area contributed by atoms with Crippen LogP contribution in [0.2, 0.25) is 0 Å². The monoisotopic (exact) mass is 332 g/mol. The molecule has 1 unspecified atom stereocenters. The van der Waals surface area contributed by atoms with E-state index in [2.05, 4.69) is 22.0 Å². The van der Waals surface area contributed by atoms with Crippen molar-refractivity contribution >= 4 is 22.2 Å². The normalized spacial score (nSPS) is 16.4. The molecule has 1 heterocycles. The highest BCUT2D eigenvalue weighted by atomic mass is 79.9. The number of ether oxygens (including phenoxy) is 2. The van der Waals surface area contributed by atoms with E-state index in [0.29, 0.717) is 17.9 Å². The number of rotatable bonds is 4. The molecule has 0 amide bonds. The maximum atomic E-state index is 10.9. The summed E-state index contributed by atoms with van der Waals surface area (Å²) >= 11 is 3.32. The van der Waals surface area contributed by atoms with Crippen LogP contribution in [0.5, 0.6) is 11.5 Å². The summed E-state index contributed by atoms with van der Waals surface area (Å²) in [6, 6.07) is 13.4. The standard InChI is InChI=1S/C16H13BrO3/c17-15-6-5-13(8-12(15)9-18)19-10-14-7-11-3-1-2-4-16(11)20-14/h1-6,8-9,14H,7,10H2. The van der Waals surface area contributed by atoms with Crippen LogP contribution in [-0.2, 0) is 6.42 Å². The van der Waals surface area contributed by atoms with E-state index < -0.39 is 0 Å². The van der Waals surface area contributed by atoms with Gasteiger partial charge >= 0.3 is 0 Å². The lowest BCUT2D eigenvalue weighted by atomic mass is 10.1. The SMILES string of the molecule is O=Cc1cc(OCC2Cc3ccccc3O2)ccc1Br. The van der Waals surface area contributed by atoms with Crippen LogP contribution in [-0.4, -0.2) is 19.0 Å². The van der Waals surface area contributed by atoms with Crippen LogP contribution < -0.4 is 9.47 Å². The second kappa shape index (κ2) is 5.67. The summed E-state index contributed by atoms with van der Waals surface area (Å²) in [5.74, 6) is 1.61. The highest BCUT2D eigenvalue weighted by molar-refractivity contribution is 9.10. The average Bonchev–Trinajstić information content (AvgIpc) is 2.89. The lowest BCUT2D eigenvalue weighted by Crippen LogP contribution is -2.22. The second-order valence-electron chi connectivity index (χ2n) is 4.66. The average molecular weight is 333 g/mol. The molecule has 2 aromatic rings. The summed E-state index contributed by atoms with van der Waals surface area (Å²) < 4.78 is 12.3. The van der Waals surface area contributed by atoms with Gasteiger partial charge in [-0.1, -0.05) is 34.1 Å². The Hall–Kier alpha value is -1.81. The number of halogens is 1. The first kappa shape index (κ1) is 13.2. The zero-order valence-corrected chi connectivity index (χ0v) is 12.3. The van der Waals surface area contributed by atoms with Gasteiger partial charge < -0.3 is 9.47 Å². The quantitative estimate of drug-likeness (QED) is 0.802. The predicted octanol–water partition coefficient (Wildman–Crippen LogP) is 3.64. The van der Waals surface area contributed by atoms with Gasteiger partial charge in [-0.15, -0.1) is 0 Å². The Morgan fingerprint density at radius 3 is 2.95 bits per heavy atom. The summed E-state index contributed by atoms with van der Waals surface area (Å²) in [5.41, 5.74) is 1.80. The van der Waals surface area contributed by atoms with Crippen molar-refractivity contribution in [2.75, 3.05) is 6.61 Å². The molecule has 0 N–H and O–H groups in total.